The third-order valence-electron chi connectivity index (χ3n) is 5.47. The number of hydrazone groups is 1. The van der Waals surface area contributed by atoms with Crippen molar-refractivity contribution in [3.63, 3.8) is 0 Å². The van der Waals surface area contributed by atoms with Gasteiger partial charge in [-0.15, -0.1) is 0 Å². The number of nitrogens with zero attached hydrogens (tertiary/aromatic N) is 6. The van der Waals surface area contributed by atoms with Crippen molar-refractivity contribution in [3.8, 4) is 11.5 Å². The molecule has 0 saturated carbocycles. The maximum absolute atomic E-state index is 5.60. The highest BCUT2D eigenvalue weighted by Crippen LogP contribution is 2.27. The Morgan fingerprint density at radius 1 is 1.03 bits per heavy atom. The highest BCUT2D eigenvalue weighted by molar-refractivity contribution is 5.81. The van der Waals surface area contributed by atoms with Gasteiger partial charge in [0.2, 0.25) is 17.8 Å². The van der Waals surface area contributed by atoms with Gasteiger partial charge in [-0.1, -0.05) is 12.7 Å². The summed E-state index contributed by atoms with van der Waals surface area (Å²) < 4.78 is 16.5. The highest BCUT2D eigenvalue weighted by atomic mass is 16.5. The van der Waals surface area contributed by atoms with E-state index >= 15 is 0 Å². The van der Waals surface area contributed by atoms with Gasteiger partial charge in [0.05, 0.1) is 26.5 Å². The van der Waals surface area contributed by atoms with E-state index in [-0.39, 0.29) is 0 Å². The summed E-state index contributed by atoms with van der Waals surface area (Å²) >= 11 is 0. The third-order valence-corrected chi connectivity index (χ3v) is 5.47. The van der Waals surface area contributed by atoms with Crippen LogP contribution in [0, 0.1) is 0 Å². The molecule has 1 N–H and O–H groups in total. The zero-order valence-electron chi connectivity index (χ0n) is 19.1. The minimum atomic E-state index is 0.412. The van der Waals surface area contributed by atoms with Crippen LogP contribution in [-0.2, 0) is 4.74 Å². The summed E-state index contributed by atoms with van der Waals surface area (Å²) in [7, 11) is 1.61. The molecule has 0 radical (unpaired) electrons. The molecule has 0 atom stereocenters. The summed E-state index contributed by atoms with van der Waals surface area (Å²) in [5.74, 6) is 3.04. The first-order valence-corrected chi connectivity index (χ1v) is 11.3. The standard InChI is InChI=1S/C23H31N7O3/c1-3-13-33-19-8-7-18(16-20(19)31-2)17-24-28-21-25-22(29-9-5-4-6-10-29)27-23(26-21)30-11-14-32-15-12-30/h3,7-8,16-17H,1,4-6,9-15H2,2H3,(H,25,26,27,28)/b24-17-. The lowest BCUT2D eigenvalue weighted by atomic mass is 10.1. The monoisotopic (exact) mass is 453 g/mol. The number of nitrogens with one attached hydrogen (secondary N) is 1. The molecule has 2 aliphatic rings. The van der Waals surface area contributed by atoms with Crippen LogP contribution >= 0.6 is 0 Å². The Kier molecular flexibility index (Phi) is 7.91. The molecule has 2 aliphatic heterocycles. The van der Waals surface area contributed by atoms with Crippen LogP contribution in [0.4, 0.5) is 17.8 Å². The summed E-state index contributed by atoms with van der Waals surface area (Å²) in [5, 5.41) is 4.35. The molecular weight excluding hydrogens is 422 g/mol. The number of benzene rings is 1. The summed E-state index contributed by atoms with van der Waals surface area (Å²) in [4.78, 5) is 18.3. The molecular formula is C23H31N7O3. The van der Waals surface area contributed by atoms with Crippen molar-refractivity contribution in [2.75, 3.05) is 68.3 Å². The Morgan fingerprint density at radius 2 is 1.76 bits per heavy atom. The summed E-state index contributed by atoms with van der Waals surface area (Å²) in [5.41, 5.74) is 3.83. The molecule has 4 rings (SSSR count). The van der Waals surface area contributed by atoms with E-state index in [2.05, 4.69) is 36.9 Å². The second-order valence-corrected chi connectivity index (χ2v) is 7.79. The Bertz CT molecular complexity index is 921. The maximum Gasteiger partial charge on any atom is 0.250 e. The first-order valence-electron chi connectivity index (χ1n) is 11.3. The van der Waals surface area contributed by atoms with Crippen molar-refractivity contribution in [1.82, 2.24) is 15.0 Å². The number of ether oxygens (including phenoxy) is 3. The minimum absolute atomic E-state index is 0.412. The van der Waals surface area contributed by atoms with Crippen LogP contribution in [0.15, 0.2) is 36.0 Å². The van der Waals surface area contributed by atoms with Crippen molar-refractivity contribution in [1.29, 1.82) is 0 Å². The van der Waals surface area contributed by atoms with Crippen LogP contribution in [0.1, 0.15) is 24.8 Å². The van der Waals surface area contributed by atoms with Crippen LogP contribution in [0.5, 0.6) is 11.5 Å². The second kappa shape index (κ2) is 11.5. The van der Waals surface area contributed by atoms with E-state index in [1.165, 1.54) is 6.42 Å². The topological polar surface area (TPSA) is 97.2 Å². The highest BCUT2D eigenvalue weighted by Gasteiger charge is 2.20. The zero-order chi connectivity index (χ0) is 22.9. The molecule has 1 aromatic heterocycles. The normalized spacial score (nSPS) is 16.6. The molecule has 2 aromatic rings. The van der Waals surface area contributed by atoms with Gasteiger partial charge in [-0.05, 0) is 43.0 Å². The average molecular weight is 454 g/mol. The van der Waals surface area contributed by atoms with Crippen LogP contribution < -0.4 is 24.7 Å². The number of methoxy groups -OCH3 is 1. The largest absolute Gasteiger partial charge is 0.493 e. The molecule has 0 amide bonds. The van der Waals surface area contributed by atoms with Gasteiger partial charge in [0.15, 0.2) is 11.5 Å². The van der Waals surface area contributed by atoms with Gasteiger partial charge < -0.3 is 24.0 Å². The van der Waals surface area contributed by atoms with Gasteiger partial charge in [0.1, 0.15) is 6.61 Å². The predicted molar refractivity (Wildman–Crippen MR) is 129 cm³/mol. The number of morpholine rings is 1. The average Bonchev–Trinajstić information content (AvgIpc) is 2.88. The smallest absolute Gasteiger partial charge is 0.250 e. The first kappa shape index (κ1) is 22.8. The van der Waals surface area contributed by atoms with E-state index in [1.54, 1.807) is 19.4 Å². The molecule has 3 heterocycles. The molecule has 1 aromatic carbocycles. The van der Waals surface area contributed by atoms with Gasteiger partial charge >= 0.3 is 0 Å². The van der Waals surface area contributed by atoms with Crippen molar-refractivity contribution in [2.24, 2.45) is 5.10 Å². The molecule has 176 valence electrons. The lowest BCUT2D eigenvalue weighted by Gasteiger charge is -2.30. The first-order chi connectivity index (χ1) is 16.3. The summed E-state index contributed by atoms with van der Waals surface area (Å²) in [6, 6.07) is 5.60. The maximum atomic E-state index is 5.60. The van der Waals surface area contributed by atoms with E-state index in [9.17, 15) is 0 Å². The van der Waals surface area contributed by atoms with Crippen LogP contribution in [0.3, 0.4) is 0 Å². The van der Waals surface area contributed by atoms with Gasteiger partial charge in [-0.2, -0.15) is 20.1 Å². The quantitative estimate of drug-likeness (QED) is 0.349. The number of hydrogen-bond donors (Lipinski definition) is 1. The van der Waals surface area contributed by atoms with Crippen molar-refractivity contribution >= 4 is 24.1 Å². The van der Waals surface area contributed by atoms with E-state index in [4.69, 9.17) is 19.2 Å². The fourth-order valence-electron chi connectivity index (χ4n) is 3.74. The van der Waals surface area contributed by atoms with E-state index in [1.807, 2.05) is 18.2 Å². The SMILES string of the molecule is C=CCOc1ccc(/C=N\Nc2nc(N3CCCCC3)nc(N3CCOCC3)n2)cc1OC. The van der Waals surface area contributed by atoms with Gasteiger partial charge in [-0.3, -0.25) is 0 Å². The number of piperidine rings is 1. The van der Waals surface area contributed by atoms with Crippen molar-refractivity contribution < 1.29 is 14.2 Å². The fourth-order valence-corrected chi connectivity index (χ4v) is 3.74. The Labute approximate surface area is 194 Å². The number of anilines is 3. The van der Waals surface area contributed by atoms with E-state index in [0.717, 1.165) is 44.6 Å². The van der Waals surface area contributed by atoms with E-state index in [0.29, 0.717) is 49.2 Å². The third kappa shape index (κ3) is 6.10. The lowest BCUT2D eigenvalue weighted by molar-refractivity contribution is 0.122. The molecule has 0 aliphatic carbocycles. The molecule has 10 nitrogen and oxygen atoms in total. The molecule has 2 saturated heterocycles. The Balaban J connectivity index is 1.51. The minimum Gasteiger partial charge on any atom is -0.493 e. The van der Waals surface area contributed by atoms with Crippen LogP contribution in [0.25, 0.3) is 0 Å². The lowest BCUT2D eigenvalue weighted by Crippen LogP contribution is -2.38. The number of aromatic nitrogens is 3. The molecule has 0 bridgehead atoms. The molecule has 0 unspecified atom stereocenters. The molecule has 33 heavy (non-hydrogen) atoms. The number of rotatable bonds is 9. The van der Waals surface area contributed by atoms with Gasteiger partial charge in [0, 0.05) is 26.2 Å². The summed E-state index contributed by atoms with van der Waals surface area (Å²) in [6.07, 6.45) is 6.92. The predicted octanol–water partition coefficient (Wildman–Crippen LogP) is 2.72. The van der Waals surface area contributed by atoms with Crippen molar-refractivity contribution in [2.45, 2.75) is 19.3 Å². The van der Waals surface area contributed by atoms with Gasteiger partial charge in [0.25, 0.3) is 0 Å². The fraction of sp³-hybridized carbons (Fsp3) is 0.478. The molecule has 10 heteroatoms. The Morgan fingerprint density at radius 3 is 2.45 bits per heavy atom. The summed E-state index contributed by atoms with van der Waals surface area (Å²) in [6.45, 7) is 8.83. The van der Waals surface area contributed by atoms with Crippen LogP contribution in [0.2, 0.25) is 0 Å². The second-order valence-electron chi connectivity index (χ2n) is 7.79. The zero-order valence-corrected chi connectivity index (χ0v) is 19.1. The Hall–Kier alpha value is -3.40. The van der Waals surface area contributed by atoms with Crippen molar-refractivity contribution in [3.05, 3.63) is 36.4 Å². The van der Waals surface area contributed by atoms with E-state index < -0.39 is 0 Å². The van der Waals surface area contributed by atoms with Gasteiger partial charge in [-0.25, -0.2) is 5.43 Å². The molecule has 0 spiro atoms. The van der Waals surface area contributed by atoms with Crippen LogP contribution in [-0.4, -0.2) is 74.3 Å². The number of hydrogen-bond acceptors (Lipinski definition) is 10. The molecule has 2 fully saturated rings.